The first-order chi connectivity index (χ1) is 16.4. The first kappa shape index (κ1) is 26.6. The second-order valence-electron chi connectivity index (χ2n) is 7.48. The van der Waals surface area contributed by atoms with Crippen LogP contribution in [-0.2, 0) is 19.1 Å². The van der Waals surface area contributed by atoms with Crippen molar-refractivity contribution in [1.82, 2.24) is 0 Å². The fourth-order valence-electron chi connectivity index (χ4n) is 3.98. The molecular formula is C27H32O7. The number of Topliss-reactive ketones (excluding diaryl/α,β-unsaturated/α-hetero) is 1. The van der Waals surface area contributed by atoms with E-state index in [1.807, 2.05) is 6.07 Å². The quantitative estimate of drug-likeness (QED) is 0.184. The lowest BCUT2D eigenvalue weighted by Gasteiger charge is -2.31. The van der Waals surface area contributed by atoms with Gasteiger partial charge in [-0.05, 0) is 38.0 Å². The number of allylic oxidation sites excluding steroid dienone is 1. The van der Waals surface area contributed by atoms with Gasteiger partial charge in [-0.1, -0.05) is 42.5 Å². The molecule has 0 aliphatic heterocycles. The van der Waals surface area contributed by atoms with Gasteiger partial charge in [-0.3, -0.25) is 14.4 Å². The van der Waals surface area contributed by atoms with Crippen molar-refractivity contribution >= 4 is 17.7 Å². The largest absolute Gasteiger partial charge is 0.493 e. The van der Waals surface area contributed by atoms with Crippen molar-refractivity contribution < 1.29 is 33.3 Å². The van der Waals surface area contributed by atoms with E-state index in [9.17, 15) is 14.4 Å². The molecule has 0 heterocycles. The third-order valence-corrected chi connectivity index (χ3v) is 5.48. The topological polar surface area (TPSA) is 88.1 Å². The molecular weight excluding hydrogens is 436 g/mol. The van der Waals surface area contributed by atoms with E-state index >= 15 is 0 Å². The predicted molar refractivity (Wildman–Crippen MR) is 128 cm³/mol. The van der Waals surface area contributed by atoms with Gasteiger partial charge in [-0.15, -0.1) is 6.58 Å². The Morgan fingerprint density at radius 3 is 1.97 bits per heavy atom. The van der Waals surface area contributed by atoms with Crippen LogP contribution >= 0.6 is 0 Å². The molecule has 34 heavy (non-hydrogen) atoms. The van der Waals surface area contributed by atoms with Crippen molar-refractivity contribution in [3.8, 4) is 11.5 Å². The molecule has 2 unspecified atom stereocenters. The Bertz CT molecular complexity index is 966. The molecule has 7 heteroatoms. The third-order valence-electron chi connectivity index (χ3n) is 5.48. The van der Waals surface area contributed by atoms with Crippen molar-refractivity contribution in [2.75, 3.05) is 27.4 Å². The van der Waals surface area contributed by atoms with Gasteiger partial charge in [0.1, 0.15) is 0 Å². The Morgan fingerprint density at radius 2 is 1.47 bits per heavy atom. The smallest absolute Gasteiger partial charge is 0.320 e. The molecule has 0 saturated carbocycles. The van der Waals surface area contributed by atoms with Gasteiger partial charge in [0.05, 0.1) is 27.4 Å². The van der Waals surface area contributed by atoms with Gasteiger partial charge in [0.2, 0.25) is 0 Å². The highest BCUT2D eigenvalue weighted by atomic mass is 16.6. The molecule has 0 spiro atoms. The fraction of sp³-hybridized carbons (Fsp3) is 0.370. The molecule has 2 aromatic rings. The van der Waals surface area contributed by atoms with E-state index in [0.717, 1.165) is 0 Å². The van der Waals surface area contributed by atoms with Gasteiger partial charge in [0.25, 0.3) is 0 Å². The van der Waals surface area contributed by atoms with Crippen LogP contribution < -0.4 is 9.47 Å². The van der Waals surface area contributed by atoms with Crippen LogP contribution in [-0.4, -0.2) is 45.2 Å². The van der Waals surface area contributed by atoms with Crippen molar-refractivity contribution in [3.63, 3.8) is 0 Å². The molecule has 0 aliphatic rings. The maximum absolute atomic E-state index is 13.7. The average molecular weight is 469 g/mol. The van der Waals surface area contributed by atoms with E-state index in [1.165, 1.54) is 14.2 Å². The zero-order valence-corrected chi connectivity index (χ0v) is 20.1. The molecule has 7 nitrogen and oxygen atoms in total. The van der Waals surface area contributed by atoms with Crippen LogP contribution in [0.1, 0.15) is 42.1 Å². The maximum atomic E-state index is 13.7. The monoisotopic (exact) mass is 468 g/mol. The van der Waals surface area contributed by atoms with Gasteiger partial charge >= 0.3 is 11.9 Å². The van der Waals surface area contributed by atoms with Crippen LogP contribution in [0.15, 0.2) is 61.2 Å². The molecule has 0 saturated heterocycles. The summed E-state index contributed by atoms with van der Waals surface area (Å²) >= 11 is 0. The first-order valence-electron chi connectivity index (χ1n) is 11.2. The van der Waals surface area contributed by atoms with Crippen molar-refractivity contribution in [2.24, 2.45) is 11.8 Å². The minimum Gasteiger partial charge on any atom is -0.493 e. The molecule has 0 bridgehead atoms. The lowest BCUT2D eigenvalue weighted by molar-refractivity contribution is -0.163. The summed E-state index contributed by atoms with van der Waals surface area (Å²) in [6.07, 6.45) is 1.83. The van der Waals surface area contributed by atoms with Crippen LogP contribution in [0, 0.1) is 11.8 Å². The van der Waals surface area contributed by atoms with Crippen LogP contribution in [0.25, 0.3) is 0 Å². The zero-order chi connectivity index (χ0) is 25.1. The number of benzene rings is 2. The number of carbonyl (C=O) groups is 3. The lowest BCUT2D eigenvalue weighted by Crippen LogP contribution is -2.39. The summed E-state index contributed by atoms with van der Waals surface area (Å²) in [4.78, 5) is 39.9. The van der Waals surface area contributed by atoms with E-state index in [1.54, 1.807) is 62.4 Å². The summed E-state index contributed by atoms with van der Waals surface area (Å²) in [5, 5.41) is 0. The Morgan fingerprint density at radius 1 is 0.882 bits per heavy atom. The zero-order valence-electron chi connectivity index (χ0n) is 20.1. The van der Waals surface area contributed by atoms with Gasteiger partial charge < -0.3 is 18.9 Å². The second kappa shape index (κ2) is 13.2. The highest BCUT2D eigenvalue weighted by Crippen LogP contribution is 2.41. The van der Waals surface area contributed by atoms with Gasteiger partial charge in [-0.2, -0.15) is 0 Å². The number of methoxy groups -OCH3 is 2. The Balaban J connectivity index is 2.76. The molecule has 0 N–H and O–H groups in total. The number of ketones is 1. The summed E-state index contributed by atoms with van der Waals surface area (Å²) in [5.74, 6) is -3.91. The highest BCUT2D eigenvalue weighted by molar-refractivity contribution is 6.01. The van der Waals surface area contributed by atoms with Crippen molar-refractivity contribution in [2.45, 2.75) is 26.2 Å². The third kappa shape index (κ3) is 6.25. The highest BCUT2D eigenvalue weighted by Gasteiger charge is 2.45. The molecule has 182 valence electrons. The SMILES string of the molecule is C=CCC(C(=O)c1ccccc1)C(c1ccc(OC)c(OC)c1)C(C(=O)OCC)C(=O)OCC. The fourth-order valence-corrected chi connectivity index (χ4v) is 3.98. The van der Waals surface area contributed by atoms with Gasteiger partial charge in [0.15, 0.2) is 23.2 Å². The summed E-state index contributed by atoms with van der Waals surface area (Å²) in [6, 6.07) is 13.8. The van der Waals surface area contributed by atoms with Gasteiger partial charge in [-0.25, -0.2) is 0 Å². The van der Waals surface area contributed by atoms with Crippen LogP contribution in [0.3, 0.4) is 0 Å². The summed E-state index contributed by atoms with van der Waals surface area (Å²) in [7, 11) is 3.00. The Kier molecular flexibility index (Phi) is 10.3. The number of carbonyl (C=O) groups excluding carboxylic acids is 3. The maximum Gasteiger partial charge on any atom is 0.320 e. The number of hydrogen-bond donors (Lipinski definition) is 0. The minimum absolute atomic E-state index is 0.0755. The van der Waals surface area contributed by atoms with Crippen LogP contribution in [0.2, 0.25) is 0 Å². The molecule has 0 radical (unpaired) electrons. The Hall–Kier alpha value is -3.61. The second-order valence-corrected chi connectivity index (χ2v) is 7.48. The van der Waals surface area contributed by atoms with E-state index in [2.05, 4.69) is 6.58 Å². The molecule has 0 amide bonds. The lowest BCUT2D eigenvalue weighted by atomic mass is 9.72. The summed E-state index contributed by atoms with van der Waals surface area (Å²) < 4.78 is 21.3. The molecule has 2 aromatic carbocycles. The molecule has 0 aliphatic carbocycles. The molecule has 2 rings (SSSR count). The standard InChI is InChI=1S/C27H32O7/c1-6-12-20(25(28)18-13-10-9-11-14-18)23(19-15-16-21(31-4)22(17-19)32-5)24(26(29)33-7-2)27(30)34-8-3/h6,9-11,13-17,20,23-24H,1,7-8,12H2,2-5H3. The van der Waals surface area contributed by atoms with Crippen LogP contribution in [0.4, 0.5) is 0 Å². The molecule has 2 atom stereocenters. The number of hydrogen-bond acceptors (Lipinski definition) is 7. The minimum atomic E-state index is -1.37. The van der Waals surface area contributed by atoms with E-state index < -0.39 is 29.7 Å². The van der Waals surface area contributed by atoms with Crippen molar-refractivity contribution in [3.05, 3.63) is 72.3 Å². The average Bonchev–Trinajstić information content (AvgIpc) is 2.86. The van der Waals surface area contributed by atoms with Crippen molar-refractivity contribution in [1.29, 1.82) is 0 Å². The Labute approximate surface area is 200 Å². The van der Waals surface area contributed by atoms with Crippen LogP contribution in [0.5, 0.6) is 11.5 Å². The molecule has 0 aromatic heterocycles. The number of ether oxygens (including phenoxy) is 4. The first-order valence-corrected chi connectivity index (χ1v) is 11.2. The summed E-state index contributed by atoms with van der Waals surface area (Å²) in [6.45, 7) is 7.27. The van der Waals surface area contributed by atoms with E-state index in [-0.39, 0.29) is 25.4 Å². The summed E-state index contributed by atoms with van der Waals surface area (Å²) in [5.41, 5.74) is 1.01. The van der Waals surface area contributed by atoms with E-state index in [4.69, 9.17) is 18.9 Å². The van der Waals surface area contributed by atoms with Gasteiger partial charge in [0, 0.05) is 17.4 Å². The number of rotatable bonds is 13. The number of esters is 2. The van der Waals surface area contributed by atoms with E-state index in [0.29, 0.717) is 22.6 Å². The molecule has 0 fully saturated rings. The normalized spacial score (nSPS) is 12.4. The predicted octanol–water partition coefficient (Wildman–Crippen LogP) is 4.61.